The number of fused-ring (bicyclic) bond motifs is 1. The Morgan fingerprint density at radius 3 is 2.17 bits per heavy atom. The molecule has 0 saturated carbocycles. The Bertz CT molecular complexity index is 967. The van der Waals surface area contributed by atoms with Gasteiger partial charge >= 0.3 is 0 Å². The Kier molecular flexibility index (Phi) is 3.36. The summed E-state index contributed by atoms with van der Waals surface area (Å²) in [6.45, 7) is 12.7. The van der Waals surface area contributed by atoms with E-state index in [0.717, 1.165) is 27.6 Å². The monoisotopic (exact) mass is 305 g/mol. The molecule has 0 amide bonds. The van der Waals surface area contributed by atoms with Crippen molar-refractivity contribution in [2.24, 2.45) is 0 Å². The van der Waals surface area contributed by atoms with Gasteiger partial charge in [-0.15, -0.1) is 0 Å². The highest BCUT2D eigenvalue weighted by Gasteiger charge is 2.14. The van der Waals surface area contributed by atoms with Gasteiger partial charge in [-0.1, -0.05) is 31.0 Å². The summed E-state index contributed by atoms with van der Waals surface area (Å²) in [5, 5.41) is 1.84. The number of aryl methyl sites for hydroxylation is 4. The molecule has 3 aromatic rings. The second kappa shape index (κ2) is 5.81. The van der Waals surface area contributed by atoms with Crippen LogP contribution < -0.4 is 0 Å². The number of pyridine rings is 1. The Balaban J connectivity index is 2.48. The molecule has 3 rings (SSSR count). The molecule has 0 saturated heterocycles. The normalized spacial score (nSPS) is 12.7. The van der Waals surface area contributed by atoms with E-state index in [-0.39, 0.29) is 12.2 Å². The first-order chi connectivity index (χ1) is 11.7. The molecule has 0 aliphatic rings. The summed E-state index contributed by atoms with van der Waals surface area (Å²) in [7, 11) is 0. The van der Waals surface area contributed by atoms with E-state index in [1.807, 2.05) is 0 Å². The molecule has 0 N–H and O–H groups in total. The lowest BCUT2D eigenvalue weighted by atomic mass is 9.88. The Morgan fingerprint density at radius 1 is 0.913 bits per heavy atom. The number of hydrogen-bond donors (Lipinski definition) is 0. The van der Waals surface area contributed by atoms with Crippen molar-refractivity contribution < 1.29 is 2.74 Å². The fourth-order valence-corrected chi connectivity index (χ4v) is 3.77. The molecule has 1 nitrogen and oxygen atoms in total. The summed E-state index contributed by atoms with van der Waals surface area (Å²) < 4.78 is 16.7. The molecule has 0 radical (unpaired) electrons. The molecule has 118 valence electrons. The molecule has 1 aromatic heterocycles. The summed E-state index contributed by atoms with van der Waals surface area (Å²) in [5.74, 6) is 0.385. The zero-order valence-corrected chi connectivity index (χ0v) is 14.8. The lowest BCUT2D eigenvalue weighted by Gasteiger charge is -2.18. The number of rotatable bonds is 2. The van der Waals surface area contributed by atoms with E-state index in [4.69, 9.17) is 2.74 Å². The van der Waals surface area contributed by atoms with Crippen LogP contribution in [0.1, 0.15) is 50.3 Å². The molecular formula is C22H25N. The minimum Gasteiger partial charge on any atom is -0.256 e. The van der Waals surface area contributed by atoms with Gasteiger partial charge in [-0.3, -0.25) is 4.98 Å². The molecule has 0 aliphatic heterocycles. The number of nitrogens with zero attached hydrogens (tertiary/aromatic N) is 1. The first-order valence-corrected chi connectivity index (χ1v) is 8.20. The van der Waals surface area contributed by atoms with Gasteiger partial charge in [0, 0.05) is 17.1 Å². The first-order valence-electron chi connectivity index (χ1n) is 9.20. The zero-order valence-electron chi connectivity index (χ0n) is 16.8. The highest BCUT2D eigenvalue weighted by Crippen LogP contribution is 2.35. The third-order valence-corrected chi connectivity index (χ3v) is 4.51. The quantitative estimate of drug-likeness (QED) is 0.544. The average molecular weight is 305 g/mol. The maximum Gasteiger partial charge on any atom is 0.0840 e. The van der Waals surface area contributed by atoms with Gasteiger partial charge in [0.15, 0.2) is 0 Å². The van der Waals surface area contributed by atoms with Gasteiger partial charge < -0.3 is 0 Å². The van der Waals surface area contributed by atoms with E-state index in [9.17, 15) is 0 Å². The van der Waals surface area contributed by atoms with Crippen LogP contribution in [-0.4, -0.2) is 4.98 Å². The van der Waals surface area contributed by atoms with E-state index in [1.54, 1.807) is 0 Å². The maximum atomic E-state index is 8.43. The van der Waals surface area contributed by atoms with E-state index in [1.165, 1.54) is 22.3 Å². The highest BCUT2D eigenvalue weighted by molar-refractivity contribution is 5.97. The van der Waals surface area contributed by atoms with Crippen molar-refractivity contribution in [3.8, 4) is 11.3 Å². The first kappa shape index (κ1) is 13.3. The molecule has 2 aromatic carbocycles. The van der Waals surface area contributed by atoms with Gasteiger partial charge in [-0.2, -0.15) is 0 Å². The van der Waals surface area contributed by atoms with Crippen LogP contribution in [0.15, 0.2) is 36.5 Å². The Morgan fingerprint density at radius 2 is 1.57 bits per heavy atom. The maximum absolute atomic E-state index is 8.43. The van der Waals surface area contributed by atoms with E-state index >= 15 is 0 Å². The van der Waals surface area contributed by atoms with Gasteiger partial charge in [0.2, 0.25) is 0 Å². The largest absolute Gasteiger partial charge is 0.256 e. The molecule has 0 atom stereocenters. The van der Waals surface area contributed by atoms with Crippen LogP contribution in [-0.2, 0) is 0 Å². The summed E-state index contributed by atoms with van der Waals surface area (Å²) in [4.78, 5) is 4.49. The smallest absolute Gasteiger partial charge is 0.0840 e. The van der Waals surface area contributed by atoms with Gasteiger partial charge in [0.25, 0.3) is 0 Å². The molecule has 1 heteroatoms. The van der Waals surface area contributed by atoms with Gasteiger partial charge in [-0.25, -0.2) is 0 Å². The average Bonchev–Trinajstić information content (AvgIpc) is 2.49. The molecule has 23 heavy (non-hydrogen) atoms. The van der Waals surface area contributed by atoms with Crippen molar-refractivity contribution in [3.63, 3.8) is 0 Å². The summed E-state index contributed by atoms with van der Waals surface area (Å²) >= 11 is 0. The molecule has 0 bridgehead atoms. The standard InChI is InChI=1S/C22H25N/c1-13(2)21-16(5)12-20-19(17(21)6)7-8-23-22(20)18-10-14(3)9-15(4)11-18/h7-13H,1-6H3/i7D,8D. The lowest BCUT2D eigenvalue weighted by Crippen LogP contribution is -1.99. The van der Waals surface area contributed by atoms with Crippen LogP contribution in [0.4, 0.5) is 0 Å². The van der Waals surface area contributed by atoms with Crippen molar-refractivity contribution in [2.45, 2.75) is 47.5 Å². The van der Waals surface area contributed by atoms with Crippen LogP contribution in [0, 0.1) is 27.7 Å². The molecule has 1 heterocycles. The summed E-state index contributed by atoms with van der Waals surface area (Å²) in [6.07, 6.45) is 0.0447. The Labute approximate surface area is 142 Å². The predicted octanol–water partition coefficient (Wildman–Crippen LogP) is 6.26. The second-order valence-electron chi connectivity index (χ2n) is 6.88. The van der Waals surface area contributed by atoms with Crippen LogP contribution in [0.2, 0.25) is 0 Å². The molecule has 0 aliphatic carbocycles. The molecule has 0 unspecified atom stereocenters. The Hall–Kier alpha value is -2.15. The fourth-order valence-electron chi connectivity index (χ4n) is 3.77. The van der Waals surface area contributed by atoms with Crippen molar-refractivity contribution in [1.29, 1.82) is 0 Å². The van der Waals surface area contributed by atoms with Crippen molar-refractivity contribution >= 4 is 10.8 Å². The van der Waals surface area contributed by atoms with Crippen LogP contribution in [0.3, 0.4) is 0 Å². The van der Waals surface area contributed by atoms with E-state index in [2.05, 4.69) is 70.8 Å². The minimum atomic E-state index is 0.0447. The molecule has 0 fully saturated rings. The zero-order chi connectivity index (χ0) is 18.5. The third-order valence-electron chi connectivity index (χ3n) is 4.51. The van der Waals surface area contributed by atoms with Crippen molar-refractivity contribution in [3.05, 3.63) is 64.3 Å². The summed E-state index contributed by atoms with van der Waals surface area (Å²) in [6, 6.07) is 8.73. The highest BCUT2D eigenvalue weighted by atomic mass is 14.7. The van der Waals surface area contributed by atoms with E-state index < -0.39 is 0 Å². The van der Waals surface area contributed by atoms with Crippen LogP contribution >= 0.6 is 0 Å². The number of benzene rings is 2. The minimum absolute atomic E-state index is 0.0447. The third kappa shape index (κ3) is 2.76. The number of aromatic nitrogens is 1. The SMILES string of the molecule is [2H]c1nc(-c2cc(C)cc(C)c2)c2cc(C)c(C(C)C)c(C)c2c1[2H]. The topological polar surface area (TPSA) is 12.9 Å². The van der Waals surface area contributed by atoms with Crippen molar-refractivity contribution in [1.82, 2.24) is 4.98 Å². The predicted molar refractivity (Wildman–Crippen MR) is 100 cm³/mol. The van der Waals surface area contributed by atoms with Gasteiger partial charge in [-0.05, 0) is 79.9 Å². The second-order valence-corrected chi connectivity index (χ2v) is 6.88. The van der Waals surface area contributed by atoms with Crippen LogP contribution in [0.25, 0.3) is 22.0 Å². The van der Waals surface area contributed by atoms with E-state index in [0.29, 0.717) is 5.92 Å². The summed E-state index contributed by atoms with van der Waals surface area (Å²) in [5.41, 5.74) is 7.80. The molecular weight excluding hydrogens is 278 g/mol. The van der Waals surface area contributed by atoms with Gasteiger partial charge in [0.05, 0.1) is 8.44 Å². The lowest BCUT2D eigenvalue weighted by molar-refractivity contribution is 0.849. The molecule has 0 spiro atoms. The fraction of sp³-hybridized carbons (Fsp3) is 0.318. The number of hydrogen-bond acceptors (Lipinski definition) is 1. The van der Waals surface area contributed by atoms with Gasteiger partial charge in [0.1, 0.15) is 0 Å². The van der Waals surface area contributed by atoms with Crippen molar-refractivity contribution in [2.75, 3.05) is 0 Å². The van der Waals surface area contributed by atoms with Crippen LogP contribution in [0.5, 0.6) is 0 Å².